The Kier molecular flexibility index (Phi) is 3.55. The van der Waals surface area contributed by atoms with E-state index in [0.717, 1.165) is 12.6 Å². The van der Waals surface area contributed by atoms with Crippen LogP contribution in [0.1, 0.15) is 19.8 Å². The summed E-state index contributed by atoms with van der Waals surface area (Å²) in [6, 6.07) is 0.885. The van der Waals surface area contributed by atoms with Crippen LogP contribution in [0.5, 0.6) is 0 Å². The highest BCUT2D eigenvalue weighted by Gasteiger charge is 2.32. The quantitative estimate of drug-likeness (QED) is 0.858. The fourth-order valence-corrected chi connectivity index (χ4v) is 2.11. The van der Waals surface area contributed by atoms with Gasteiger partial charge < -0.3 is 10.2 Å². The monoisotopic (exact) mass is 251 g/mol. The lowest BCUT2D eigenvalue weighted by Gasteiger charge is -2.22. The van der Waals surface area contributed by atoms with Crippen LogP contribution in [0.25, 0.3) is 0 Å². The van der Waals surface area contributed by atoms with E-state index in [1.165, 1.54) is 24.1 Å². The Labute approximate surface area is 104 Å². The first-order chi connectivity index (χ1) is 8.59. The number of pyridine rings is 1. The number of hydrogen-bond acceptors (Lipinski definition) is 3. The molecule has 2 heterocycles. The Morgan fingerprint density at radius 2 is 2.33 bits per heavy atom. The third kappa shape index (κ3) is 2.47. The lowest BCUT2D eigenvalue weighted by Crippen LogP contribution is -2.42. The molecule has 6 heteroatoms. The smallest absolute Gasteiger partial charge is 0.247 e. The first kappa shape index (κ1) is 12.5. The topological polar surface area (TPSA) is 62.3 Å². The molecule has 1 aliphatic rings. The summed E-state index contributed by atoms with van der Waals surface area (Å²) >= 11 is 0. The summed E-state index contributed by atoms with van der Waals surface area (Å²) in [4.78, 5) is 28.4. The van der Waals surface area contributed by atoms with Crippen molar-refractivity contribution >= 4 is 17.5 Å². The second kappa shape index (κ2) is 5.12. The van der Waals surface area contributed by atoms with Gasteiger partial charge in [0.1, 0.15) is 6.04 Å². The third-order valence-electron chi connectivity index (χ3n) is 2.99. The Hall–Kier alpha value is -1.98. The maximum atomic E-state index is 13.3. The average molecular weight is 251 g/mol. The molecule has 96 valence electrons. The molecule has 18 heavy (non-hydrogen) atoms. The lowest BCUT2D eigenvalue weighted by molar-refractivity contribution is -0.134. The van der Waals surface area contributed by atoms with Crippen LogP contribution in [0.15, 0.2) is 18.5 Å². The molecule has 0 aromatic carbocycles. The van der Waals surface area contributed by atoms with Crippen molar-refractivity contribution in [2.75, 3.05) is 11.9 Å². The largest absolute Gasteiger partial charge is 0.331 e. The van der Waals surface area contributed by atoms with Crippen molar-refractivity contribution in [2.45, 2.75) is 25.8 Å². The second-order valence-electron chi connectivity index (χ2n) is 4.22. The number of amides is 2. The van der Waals surface area contributed by atoms with Crippen LogP contribution in [0.3, 0.4) is 0 Å². The molecule has 0 bridgehead atoms. The standard InChI is InChI=1S/C12H14FN3O2/c1-8(17)16-6-2-3-11(16)12(18)15-10-4-5-14-7-9(10)13/h4-5,7,11H,2-3,6H2,1H3,(H,14,15,18)/t11-/m0/s1. The van der Waals surface area contributed by atoms with E-state index in [1.54, 1.807) is 0 Å². The molecular formula is C12H14FN3O2. The molecule has 2 amide bonds. The van der Waals surface area contributed by atoms with Gasteiger partial charge in [0.15, 0.2) is 5.82 Å². The van der Waals surface area contributed by atoms with Gasteiger partial charge >= 0.3 is 0 Å². The summed E-state index contributed by atoms with van der Waals surface area (Å²) in [5.41, 5.74) is 0.0883. The summed E-state index contributed by atoms with van der Waals surface area (Å²) in [5, 5.41) is 2.49. The number of hydrogen-bond donors (Lipinski definition) is 1. The van der Waals surface area contributed by atoms with E-state index < -0.39 is 11.9 Å². The third-order valence-corrected chi connectivity index (χ3v) is 2.99. The first-order valence-electron chi connectivity index (χ1n) is 5.77. The number of halogens is 1. The molecule has 1 aromatic heterocycles. The molecule has 1 saturated heterocycles. The zero-order chi connectivity index (χ0) is 13.1. The molecule has 0 saturated carbocycles. The minimum Gasteiger partial charge on any atom is -0.331 e. The number of rotatable bonds is 2. The summed E-state index contributed by atoms with van der Waals surface area (Å²) in [7, 11) is 0. The fourth-order valence-electron chi connectivity index (χ4n) is 2.11. The summed E-state index contributed by atoms with van der Waals surface area (Å²) in [6.07, 6.45) is 3.83. The predicted molar refractivity (Wildman–Crippen MR) is 63.2 cm³/mol. The molecule has 0 radical (unpaired) electrons. The molecule has 0 spiro atoms. The van der Waals surface area contributed by atoms with Crippen LogP contribution in [-0.2, 0) is 9.59 Å². The molecule has 0 unspecified atom stereocenters. The maximum absolute atomic E-state index is 13.3. The van der Waals surface area contributed by atoms with Crippen molar-refractivity contribution in [1.82, 2.24) is 9.88 Å². The van der Waals surface area contributed by atoms with Gasteiger partial charge in [-0.3, -0.25) is 14.6 Å². The molecule has 1 atom stereocenters. The van der Waals surface area contributed by atoms with Crippen LogP contribution < -0.4 is 5.32 Å². The van der Waals surface area contributed by atoms with Crippen molar-refractivity contribution in [3.05, 3.63) is 24.3 Å². The van der Waals surface area contributed by atoms with Crippen LogP contribution >= 0.6 is 0 Å². The van der Waals surface area contributed by atoms with E-state index in [0.29, 0.717) is 13.0 Å². The van der Waals surface area contributed by atoms with Gasteiger partial charge in [0.05, 0.1) is 11.9 Å². The van der Waals surface area contributed by atoms with Crippen molar-refractivity contribution in [2.24, 2.45) is 0 Å². The van der Waals surface area contributed by atoms with Crippen molar-refractivity contribution in [3.8, 4) is 0 Å². The minimum absolute atomic E-state index is 0.0883. The van der Waals surface area contributed by atoms with Crippen LogP contribution in [0, 0.1) is 5.82 Å². The number of nitrogens with one attached hydrogen (secondary N) is 1. The zero-order valence-electron chi connectivity index (χ0n) is 10.0. The van der Waals surface area contributed by atoms with Gasteiger partial charge in [-0.2, -0.15) is 0 Å². The van der Waals surface area contributed by atoms with Gasteiger partial charge in [-0.05, 0) is 18.9 Å². The first-order valence-corrected chi connectivity index (χ1v) is 5.77. The molecule has 2 rings (SSSR count). The summed E-state index contributed by atoms with van der Waals surface area (Å²) in [5.74, 6) is -1.08. The predicted octanol–water partition coefficient (Wildman–Crippen LogP) is 1.17. The van der Waals surface area contributed by atoms with E-state index in [9.17, 15) is 14.0 Å². The van der Waals surface area contributed by atoms with E-state index in [4.69, 9.17) is 0 Å². The lowest BCUT2D eigenvalue weighted by atomic mass is 10.2. The Balaban J connectivity index is 2.08. The number of nitrogens with zero attached hydrogens (tertiary/aromatic N) is 2. The normalized spacial score (nSPS) is 18.8. The summed E-state index contributed by atoms with van der Waals surface area (Å²) in [6.45, 7) is 2.00. The Morgan fingerprint density at radius 3 is 3.00 bits per heavy atom. The average Bonchev–Trinajstić information content (AvgIpc) is 2.81. The molecule has 1 aromatic rings. The highest BCUT2D eigenvalue weighted by molar-refractivity contribution is 5.97. The SMILES string of the molecule is CC(=O)N1CCC[C@H]1C(=O)Nc1ccncc1F. The van der Waals surface area contributed by atoms with E-state index in [-0.39, 0.29) is 17.5 Å². The van der Waals surface area contributed by atoms with Gasteiger partial charge in [0, 0.05) is 19.7 Å². The fraction of sp³-hybridized carbons (Fsp3) is 0.417. The van der Waals surface area contributed by atoms with Gasteiger partial charge in [-0.1, -0.05) is 0 Å². The molecule has 1 aliphatic heterocycles. The van der Waals surface area contributed by atoms with Crippen molar-refractivity contribution in [1.29, 1.82) is 0 Å². The van der Waals surface area contributed by atoms with Gasteiger partial charge in [0.2, 0.25) is 11.8 Å². The molecule has 1 fully saturated rings. The van der Waals surface area contributed by atoms with Crippen LogP contribution in [0.2, 0.25) is 0 Å². The van der Waals surface area contributed by atoms with Crippen LogP contribution in [0.4, 0.5) is 10.1 Å². The van der Waals surface area contributed by atoms with Crippen molar-refractivity contribution < 1.29 is 14.0 Å². The Bertz CT molecular complexity index is 478. The molecule has 0 aliphatic carbocycles. The Morgan fingerprint density at radius 1 is 1.56 bits per heavy atom. The number of anilines is 1. The van der Waals surface area contributed by atoms with Gasteiger partial charge in [-0.25, -0.2) is 4.39 Å². The summed E-state index contributed by atoms with van der Waals surface area (Å²) < 4.78 is 13.3. The maximum Gasteiger partial charge on any atom is 0.247 e. The molecule has 5 nitrogen and oxygen atoms in total. The van der Waals surface area contributed by atoms with Gasteiger partial charge in [-0.15, -0.1) is 0 Å². The number of carbonyl (C=O) groups is 2. The van der Waals surface area contributed by atoms with E-state index >= 15 is 0 Å². The van der Waals surface area contributed by atoms with E-state index in [2.05, 4.69) is 10.3 Å². The second-order valence-corrected chi connectivity index (χ2v) is 4.22. The van der Waals surface area contributed by atoms with Crippen molar-refractivity contribution in [3.63, 3.8) is 0 Å². The van der Waals surface area contributed by atoms with Crippen LogP contribution in [-0.4, -0.2) is 34.3 Å². The number of aromatic nitrogens is 1. The number of carbonyl (C=O) groups excluding carboxylic acids is 2. The zero-order valence-corrected chi connectivity index (χ0v) is 10.0. The van der Waals surface area contributed by atoms with Gasteiger partial charge in [0.25, 0.3) is 0 Å². The highest BCUT2D eigenvalue weighted by Crippen LogP contribution is 2.20. The number of likely N-dealkylation sites (tertiary alicyclic amines) is 1. The minimum atomic E-state index is -0.585. The molecule has 1 N–H and O–H groups in total. The van der Waals surface area contributed by atoms with E-state index in [1.807, 2.05) is 0 Å². The highest BCUT2D eigenvalue weighted by atomic mass is 19.1. The molecular weight excluding hydrogens is 237 g/mol.